The number of esters is 1. The quantitative estimate of drug-likeness (QED) is 0.783. The second-order valence-corrected chi connectivity index (χ2v) is 5.44. The van der Waals surface area contributed by atoms with Gasteiger partial charge in [0.05, 0.1) is 24.4 Å². The topological polar surface area (TPSA) is 97.5 Å². The van der Waals surface area contributed by atoms with Crippen LogP contribution in [0, 0.1) is 5.41 Å². The number of nitrogen functional groups attached to an aromatic ring is 1. The Hall–Kier alpha value is -2.31. The minimum absolute atomic E-state index is 0.0138. The fraction of sp³-hybridized carbons (Fsp3) is 0.500. The molecule has 0 saturated carbocycles. The molecule has 1 aromatic rings. The van der Waals surface area contributed by atoms with Gasteiger partial charge in [0.2, 0.25) is 5.91 Å². The molecule has 1 aliphatic heterocycles. The van der Waals surface area contributed by atoms with Gasteiger partial charge in [0.25, 0.3) is 0 Å². The van der Waals surface area contributed by atoms with Gasteiger partial charge < -0.3 is 20.7 Å². The lowest BCUT2D eigenvalue weighted by molar-refractivity contribution is -0.128. The maximum atomic E-state index is 12.0. The molecule has 7 nitrogen and oxygen atoms in total. The molecule has 1 atom stereocenters. The van der Waals surface area contributed by atoms with E-state index >= 15 is 0 Å². The van der Waals surface area contributed by atoms with Crippen molar-refractivity contribution in [2.24, 2.45) is 5.41 Å². The van der Waals surface area contributed by atoms with Crippen molar-refractivity contribution in [3.05, 3.63) is 17.8 Å². The molecule has 21 heavy (non-hydrogen) atoms. The van der Waals surface area contributed by atoms with E-state index < -0.39 is 11.4 Å². The Balaban J connectivity index is 2.32. The molecule has 1 unspecified atom stereocenters. The first kappa shape index (κ1) is 15.1. The number of rotatable bonds is 3. The van der Waals surface area contributed by atoms with Crippen molar-refractivity contribution >= 4 is 23.4 Å². The Kier molecular flexibility index (Phi) is 4.02. The average Bonchev–Trinajstić information content (AvgIpc) is 2.89. The van der Waals surface area contributed by atoms with Gasteiger partial charge in [-0.3, -0.25) is 4.79 Å². The van der Waals surface area contributed by atoms with Crippen LogP contribution < -0.4 is 16.0 Å². The van der Waals surface area contributed by atoms with Crippen LogP contribution in [0.25, 0.3) is 0 Å². The summed E-state index contributed by atoms with van der Waals surface area (Å²) >= 11 is 0. The molecule has 2 rings (SSSR count). The van der Waals surface area contributed by atoms with E-state index in [2.05, 4.69) is 10.3 Å². The summed E-state index contributed by atoms with van der Waals surface area (Å²) in [6.45, 7) is 3.04. The van der Waals surface area contributed by atoms with Crippen LogP contribution in [0.15, 0.2) is 12.3 Å². The average molecular weight is 292 g/mol. The lowest BCUT2D eigenvalue weighted by Crippen LogP contribution is -2.39. The smallest absolute Gasteiger partial charge is 0.341 e. The highest BCUT2D eigenvalue weighted by molar-refractivity contribution is 5.96. The van der Waals surface area contributed by atoms with Crippen LogP contribution in [0.5, 0.6) is 0 Å². The first-order valence-electron chi connectivity index (χ1n) is 6.72. The molecule has 1 aliphatic rings. The predicted molar refractivity (Wildman–Crippen MR) is 79.0 cm³/mol. The van der Waals surface area contributed by atoms with Gasteiger partial charge in [-0.1, -0.05) is 0 Å². The van der Waals surface area contributed by atoms with Crippen molar-refractivity contribution in [2.45, 2.75) is 13.3 Å². The van der Waals surface area contributed by atoms with Gasteiger partial charge in [0.1, 0.15) is 11.4 Å². The maximum Gasteiger partial charge on any atom is 0.341 e. The van der Waals surface area contributed by atoms with Gasteiger partial charge in [-0.15, -0.1) is 0 Å². The number of nitrogens with zero attached hydrogens (tertiary/aromatic N) is 2. The third kappa shape index (κ3) is 2.76. The minimum atomic E-state index is -0.495. The summed E-state index contributed by atoms with van der Waals surface area (Å²) in [6.07, 6.45) is 2.19. The summed E-state index contributed by atoms with van der Waals surface area (Å²) in [6, 6.07) is 1.55. The number of nitrogens with one attached hydrogen (secondary N) is 1. The lowest BCUT2D eigenvalue weighted by atomic mass is 9.89. The fourth-order valence-corrected chi connectivity index (χ4v) is 2.61. The van der Waals surface area contributed by atoms with Crippen molar-refractivity contribution < 1.29 is 14.3 Å². The van der Waals surface area contributed by atoms with Crippen LogP contribution in [-0.2, 0) is 9.53 Å². The first-order chi connectivity index (χ1) is 9.91. The summed E-state index contributed by atoms with van der Waals surface area (Å²) < 4.78 is 4.77. The predicted octanol–water partition coefficient (Wildman–Crippen LogP) is 0.413. The molecule has 1 amide bonds. The van der Waals surface area contributed by atoms with E-state index in [9.17, 15) is 9.59 Å². The number of nitrogens with two attached hydrogens (primary N) is 1. The van der Waals surface area contributed by atoms with Crippen LogP contribution in [-0.4, -0.2) is 44.1 Å². The van der Waals surface area contributed by atoms with Gasteiger partial charge in [0.15, 0.2) is 0 Å². The Morgan fingerprint density at radius 3 is 2.86 bits per heavy atom. The molecular weight excluding hydrogens is 272 g/mol. The monoisotopic (exact) mass is 292 g/mol. The number of hydrogen-bond acceptors (Lipinski definition) is 6. The zero-order valence-corrected chi connectivity index (χ0v) is 12.5. The van der Waals surface area contributed by atoms with E-state index in [0.717, 1.165) is 0 Å². The van der Waals surface area contributed by atoms with E-state index in [-0.39, 0.29) is 5.91 Å². The Morgan fingerprint density at radius 1 is 1.52 bits per heavy atom. The van der Waals surface area contributed by atoms with Crippen molar-refractivity contribution in [3.63, 3.8) is 0 Å². The Bertz CT molecular complexity index is 575. The van der Waals surface area contributed by atoms with Crippen molar-refractivity contribution in [2.75, 3.05) is 37.9 Å². The second kappa shape index (κ2) is 5.59. The molecule has 1 aromatic heterocycles. The first-order valence-corrected chi connectivity index (χ1v) is 6.72. The summed E-state index contributed by atoms with van der Waals surface area (Å²) in [7, 11) is 2.94. The molecule has 114 valence electrons. The Morgan fingerprint density at radius 2 is 2.24 bits per heavy atom. The summed E-state index contributed by atoms with van der Waals surface area (Å²) in [5.41, 5.74) is 5.91. The molecule has 0 radical (unpaired) electrons. The lowest BCUT2D eigenvalue weighted by Gasteiger charge is -2.24. The molecule has 0 spiro atoms. The van der Waals surface area contributed by atoms with Gasteiger partial charge in [-0.25, -0.2) is 9.78 Å². The molecule has 3 N–H and O–H groups in total. The molecule has 0 aliphatic carbocycles. The third-order valence-corrected chi connectivity index (χ3v) is 3.84. The number of carbonyl (C=O) groups is 2. The second-order valence-electron chi connectivity index (χ2n) is 5.44. The number of carbonyl (C=O) groups excluding carboxylic acids is 2. The maximum absolute atomic E-state index is 12.0. The van der Waals surface area contributed by atoms with Crippen LogP contribution in [0.2, 0.25) is 0 Å². The molecule has 1 saturated heterocycles. The molecule has 0 aromatic carbocycles. The zero-order chi connectivity index (χ0) is 15.6. The molecular formula is C14H20N4O3. The largest absolute Gasteiger partial charge is 0.465 e. The van der Waals surface area contributed by atoms with Crippen LogP contribution in [0.1, 0.15) is 23.7 Å². The van der Waals surface area contributed by atoms with E-state index in [1.54, 1.807) is 13.1 Å². The minimum Gasteiger partial charge on any atom is -0.465 e. The molecule has 0 bridgehead atoms. The summed E-state index contributed by atoms with van der Waals surface area (Å²) in [5.74, 6) is 0.00193. The highest BCUT2D eigenvalue weighted by Gasteiger charge is 2.41. The number of methoxy groups -OCH3 is 1. The number of pyridine rings is 1. The van der Waals surface area contributed by atoms with E-state index in [1.807, 2.05) is 11.8 Å². The third-order valence-electron chi connectivity index (χ3n) is 3.84. The number of amides is 1. The number of aromatic nitrogens is 1. The van der Waals surface area contributed by atoms with Crippen molar-refractivity contribution in [1.82, 2.24) is 10.3 Å². The van der Waals surface area contributed by atoms with Gasteiger partial charge >= 0.3 is 5.97 Å². The zero-order valence-electron chi connectivity index (χ0n) is 12.5. The number of ether oxygens (including phenoxy) is 1. The van der Waals surface area contributed by atoms with Gasteiger partial charge in [-0.05, 0) is 19.4 Å². The highest BCUT2D eigenvalue weighted by atomic mass is 16.5. The van der Waals surface area contributed by atoms with Crippen molar-refractivity contribution in [3.8, 4) is 0 Å². The standard InChI is InChI=1S/C14H20N4O3/c1-14(13(20)16-2)4-5-18(8-14)11-10(12(19)21-3)6-9(15)7-17-11/h6-7H,4-5,8,15H2,1-3H3,(H,16,20). The van der Waals surface area contributed by atoms with E-state index in [0.29, 0.717) is 36.6 Å². The Labute approximate surface area is 123 Å². The van der Waals surface area contributed by atoms with E-state index in [1.165, 1.54) is 13.3 Å². The molecule has 1 fully saturated rings. The highest BCUT2D eigenvalue weighted by Crippen LogP contribution is 2.34. The molecule has 2 heterocycles. The van der Waals surface area contributed by atoms with Crippen molar-refractivity contribution in [1.29, 1.82) is 0 Å². The van der Waals surface area contributed by atoms with E-state index in [4.69, 9.17) is 10.5 Å². The fourth-order valence-electron chi connectivity index (χ4n) is 2.61. The summed E-state index contributed by atoms with van der Waals surface area (Å²) in [5, 5.41) is 2.68. The number of anilines is 2. The van der Waals surface area contributed by atoms with Crippen LogP contribution in [0.3, 0.4) is 0 Å². The molecule has 7 heteroatoms. The normalized spacial score (nSPS) is 21.2. The van der Waals surface area contributed by atoms with Crippen LogP contribution in [0.4, 0.5) is 11.5 Å². The number of hydrogen-bond donors (Lipinski definition) is 2. The van der Waals surface area contributed by atoms with Crippen LogP contribution >= 0.6 is 0 Å². The summed E-state index contributed by atoms with van der Waals surface area (Å²) in [4.78, 5) is 30.0. The van der Waals surface area contributed by atoms with Gasteiger partial charge in [0, 0.05) is 20.1 Å². The van der Waals surface area contributed by atoms with Gasteiger partial charge in [-0.2, -0.15) is 0 Å². The SMILES string of the molecule is CNC(=O)C1(C)CCN(c2ncc(N)cc2C(=O)OC)C1.